The third-order valence-electron chi connectivity index (χ3n) is 8.22. The number of amides is 2. The molecule has 2 rings (SSSR count). The number of nitrogens with one attached hydrogen (secondary N) is 2. The molecule has 1 aliphatic carbocycles. The van der Waals surface area contributed by atoms with Gasteiger partial charge in [-0.15, -0.1) is 0 Å². The first-order valence-corrected chi connectivity index (χ1v) is 14.9. The first-order chi connectivity index (χ1) is 18.1. The van der Waals surface area contributed by atoms with E-state index in [1.807, 2.05) is 0 Å². The molecule has 4 atom stereocenters. The summed E-state index contributed by atoms with van der Waals surface area (Å²) in [4.78, 5) is 23.7. The van der Waals surface area contributed by atoms with Gasteiger partial charge < -0.3 is 30.6 Å². The minimum absolute atomic E-state index is 0.00203. The summed E-state index contributed by atoms with van der Waals surface area (Å²) in [6, 6.07) is 0. The van der Waals surface area contributed by atoms with Crippen LogP contribution in [0.2, 0.25) is 0 Å². The van der Waals surface area contributed by atoms with Gasteiger partial charge in [-0.3, -0.25) is 4.79 Å². The Morgan fingerprint density at radius 1 is 1.03 bits per heavy atom. The highest BCUT2D eigenvalue weighted by molar-refractivity contribution is 5.77. The molecule has 38 heavy (non-hydrogen) atoms. The molecule has 4 N–H and O–H groups in total. The topological polar surface area (TPSA) is 115 Å². The van der Waals surface area contributed by atoms with Crippen LogP contribution in [0.3, 0.4) is 0 Å². The normalized spacial score (nSPS) is 24.6. The van der Waals surface area contributed by atoms with Crippen LogP contribution in [-0.2, 0) is 19.0 Å². The van der Waals surface area contributed by atoms with E-state index in [1.54, 1.807) is 7.11 Å². The molecule has 3 unspecified atom stereocenters. The van der Waals surface area contributed by atoms with E-state index in [9.17, 15) is 9.59 Å². The maximum Gasteiger partial charge on any atom is 0.407 e. The predicted molar refractivity (Wildman–Crippen MR) is 152 cm³/mol. The standard InChI is InChI=1S/C30H55N3O5/c1-23(2)15-14-17-29(3,4)27-26(36-5)24(16-18-30(27)22-37-30)38-28(35)33-20-13-11-9-7-6-8-10-12-19-32-25(34)21-31/h15,24,26-27H,6-14,16-22,31H2,1-5H3,(H,32,34)(H,33,35)/t24?,26?,27?,30-/m0/s1. The molecule has 1 spiro atoms. The van der Waals surface area contributed by atoms with Crippen LogP contribution in [0.4, 0.5) is 4.79 Å². The van der Waals surface area contributed by atoms with E-state index in [1.165, 1.54) is 31.3 Å². The zero-order chi connectivity index (χ0) is 28.0. The molecule has 220 valence electrons. The van der Waals surface area contributed by atoms with Crippen LogP contribution in [0.5, 0.6) is 0 Å². The second-order valence-electron chi connectivity index (χ2n) is 12.1. The summed E-state index contributed by atoms with van der Waals surface area (Å²) in [6.45, 7) is 11.1. The average molecular weight is 538 g/mol. The highest BCUT2D eigenvalue weighted by atomic mass is 16.6. The molecule has 1 saturated carbocycles. The summed E-state index contributed by atoms with van der Waals surface area (Å²) >= 11 is 0. The Morgan fingerprint density at radius 2 is 1.61 bits per heavy atom. The quantitative estimate of drug-likeness (QED) is 0.125. The smallest absolute Gasteiger partial charge is 0.407 e. The second kappa shape index (κ2) is 16.5. The molecule has 1 heterocycles. The van der Waals surface area contributed by atoms with Crippen molar-refractivity contribution in [1.29, 1.82) is 0 Å². The van der Waals surface area contributed by atoms with Crippen LogP contribution >= 0.6 is 0 Å². The largest absolute Gasteiger partial charge is 0.443 e. The van der Waals surface area contributed by atoms with Gasteiger partial charge in [0, 0.05) is 26.1 Å². The third kappa shape index (κ3) is 10.9. The van der Waals surface area contributed by atoms with E-state index in [0.29, 0.717) is 13.1 Å². The molecular formula is C30H55N3O5. The van der Waals surface area contributed by atoms with Crippen LogP contribution < -0.4 is 16.4 Å². The van der Waals surface area contributed by atoms with Gasteiger partial charge in [0.05, 0.1) is 18.8 Å². The molecule has 0 radical (unpaired) electrons. The predicted octanol–water partition coefficient (Wildman–Crippen LogP) is 5.24. The number of carbonyl (C=O) groups is 2. The van der Waals surface area contributed by atoms with Crippen LogP contribution in [0.25, 0.3) is 0 Å². The zero-order valence-corrected chi connectivity index (χ0v) is 24.7. The second-order valence-corrected chi connectivity index (χ2v) is 12.1. The van der Waals surface area contributed by atoms with Gasteiger partial charge in [-0.1, -0.05) is 64.0 Å². The fourth-order valence-electron chi connectivity index (χ4n) is 6.08. The number of rotatable bonds is 18. The Morgan fingerprint density at radius 3 is 2.13 bits per heavy atom. The molecule has 2 aliphatic rings. The number of hydrogen-bond acceptors (Lipinski definition) is 6. The number of alkyl carbamates (subject to hydrolysis) is 1. The van der Waals surface area contributed by atoms with Gasteiger partial charge in [0.25, 0.3) is 0 Å². The molecule has 0 aromatic heterocycles. The Hall–Kier alpha value is -1.64. The van der Waals surface area contributed by atoms with Crippen molar-refractivity contribution < 1.29 is 23.8 Å². The monoisotopic (exact) mass is 537 g/mol. The van der Waals surface area contributed by atoms with Crippen molar-refractivity contribution in [2.24, 2.45) is 17.1 Å². The number of ether oxygens (including phenoxy) is 3. The number of nitrogens with two attached hydrogens (primary N) is 1. The van der Waals surface area contributed by atoms with Gasteiger partial charge in [0.2, 0.25) is 5.91 Å². The lowest BCUT2D eigenvalue weighted by Gasteiger charge is -2.48. The summed E-state index contributed by atoms with van der Waals surface area (Å²) in [6.07, 6.45) is 14.2. The zero-order valence-electron chi connectivity index (χ0n) is 24.7. The summed E-state index contributed by atoms with van der Waals surface area (Å²) in [7, 11) is 1.74. The third-order valence-corrected chi connectivity index (χ3v) is 8.22. The molecule has 0 aromatic rings. The summed E-state index contributed by atoms with van der Waals surface area (Å²) in [5, 5.41) is 5.75. The minimum atomic E-state index is -0.340. The molecule has 2 fully saturated rings. The number of allylic oxidation sites excluding steroid dienone is 2. The molecule has 2 amide bonds. The van der Waals surface area contributed by atoms with Gasteiger partial charge in [-0.25, -0.2) is 4.79 Å². The van der Waals surface area contributed by atoms with E-state index in [4.69, 9.17) is 19.9 Å². The first kappa shape index (κ1) is 32.6. The number of carbonyl (C=O) groups excluding carboxylic acids is 2. The fourth-order valence-corrected chi connectivity index (χ4v) is 6.08. The number of methoxy groups -OCH3 is 1. The lowest BCUT2D eigenvalue weighted by Crippen LogP contribution is -2.55. The van der Waals surface area contributed by atoms with Crippen LogP contribution in [0.1, 0.15) is 105 Å². The molecular weight excluding hydrogens is 482 g/mol. The Labute approximate surface area is 231 Å². The number of unbranched alkanes of at least 4 members (excludes halogenated alkanes) is 7. The number of epoxide rings is 1. The lowest BCUT2D eigenvalue weighted by atomic mass is 9.61. The Bertz CT molecular complexity index is 746. The molecule has 8 nitrogen and oxygen atoms in total. The van der Waals surface area contributed by atoms with Crippen LogP contribution in [0, 0.1) is 11.3 Å². The molecule has 0 aromatic carbocycles. The van der Waals surface area contributed by atoms with Crippen molar-refractivity contribution in [3.8, 4) is 0 Å². The van der Waals surface area contributed by atoms with Crippen molar-refractivity contribution in [3.63, 3.8) is 0 Å². The summed E-state index contributed by atoms with van der Waals surface area (Å²) < 4.78 is 18.0. The first-order valence-electron chi connectivity index (χ1n) is 14.9. The summed E-state index contributed by atoms with van der Waals surface area (Å²) in [5.74, 6) is 0.0988. The summed E-state index contributed by atoms with van der Waals surface area (Å²) in [5.41, 5.74) is 6.48. The SMILES string of the molecule is COC1C(OC(=O)NCCCCCCCCCCNC(=O)CN)CC[C@]2(CO2)C1C(C)(C)CCC=C(C)C. The van der Waals surface area contributed by atoms with Gasteiger partial charge in [-0.05, 0) is 57.8 Å². The Kier molecular flexibility index (Phi) is 14.1. The van der Waals surface area contributed by atoms with Gasteiger partial charge >= 0.3 is 6.09 Å². The minimum Gasteiger partial charge on any atom is -0.443 e. The van der Waals surface area contributed by atoms with E-state index >= 15 is 0 Å². The lowest BCUT2D eigenvalue weighted by molar-refractivity contribution is -0.133. The molecule has 1 saturated heterocycles. The highest BCUT2D eigenvalue weighted by Gasteiger charge is 2.63. The number of hydrogen-bond donors (Lipinski definition) is 3. The molecule has 0 bridgehead atoms. The molecule has 8 heteroatoms. The van der Waals surface area contributed by atoms with E-state index in [-0.39, 0.29) is 47.7 Å². The van der Waals surface area contributed by atoms with Crippen LogP contribution in [-0.4, -0.2) is 63.2 Å². The van der Waals surface area contributed by atoms with E-state index < -0.39 is 0 Å². The van der Waals surface area contributed by atoms with Gasteiger partial charge in [0.15, 0.2) is 0 Å². The highest BCUT2D eigenvalue weighted by Crippen LogP contribution is 2.55. The average Bonchev–Trinajstić information content (AvgIpc) is 3.64. The van der Waals surface area contributed by atoms with Crippen molar-refractivity contribution in [2.75, 3.05) is 33.4 Å². The molecule has 1 aliphatic heterocycles. The maximum atomic E-state index is 12.6. The van der Waals surface area contributed by atoms with Crippen molar-refractivity contribution in [3.05, 3.63) is 11.6 Å². The van der Waals surface area contributed by atoms with E-state index in [2.05, 4.69) is 44.4 Å². The van der Waals surface area contributed by atoms with Crippen LogP contribution in [0.15, 0.2) is 11.6 Å². The maximum absolute atomic E-state index is 12.6. The van der Waals surface area contributed by atoms with Gasteiger partial charge in [0.1, 0.15) is 12.2 Å². The van der Waals surface area contributed by atoms with E-state index in [0.717, 1.165) is 58.0 Å². The Balaban J connectivity index is 1.65. The van der Waals surface area contributed by atoms with Gasteiger partial charge in [-0.2, -0.15) is 0 Å². The van der Waals surface area contributed by atoms with Crippen molar-refractivity contribution >= 4 is 12.0 Å². The fraction of sp³-hybridized carbons (Fsp3) is 0.867. The van der Waals surface area contributed by atoms with Crippen molar-refractivity contribution in [1.82, 2.24) is 10.6 Å². The van der Waals surface area contributed by atoms with Crippen molar-refractivity contribution in [2.45, 2.75) is 123 Å².